The topological polar surface area (TPSA) is 47.4 Å². The number of allylic oxidation sites excluding steroid dienone is 2. The van der Waals surface area contributed by atoms with Gasteiger partial charge in [-0.3, -0.25) is 0 Å². The first-order chi connectivity index (χ1) is 6.83. The second kappa shape index (κ2) is 3.17. The van der Waals surface area contributed by atoms with E-state index in [9.17, 15) is 0 Å². The van der Waals surface area contributed by atoms with Gasteiger partial charge in [0.25, 0.3) is 0 Å². The quantitative estimate of drug-likeness (QED) is 0.503. The van der Waals surface area contributed by atoms with Crippen LogP contribution in [0.15, 0.2) is 16.3 Å². The summed E-state index contributed by atoms with van der Waals surface area (Å²) in [5, 5.41) is 4.10. The largest absolute Gasteiger partial charge is 0.502 e. The van der Waals surface area contributed by atoms with Gasteiger partial charge < -0.3 is 9.31 Å². The number of quaternary nitrogens is 1. The molecule has 0 unspecified atom stereocenters. The minimum absolute atomic E-state index is 0.276. The van der Waals surface area contributed by atoms with E-state index in [1.54, 1.807) is 0 Å². The Hall–Kier alpha value is -0.645. The van der Waals surface area contributed by atoms with Crippen molar-refractivity contribution >= 4 is 13.3 Å². The molecule has 0 atom stereocenters. The SMILES string of the molecule is CC1=C(B2OC(C)(C)C(C)(C)O2)C=N[NH2+]1. The molecule has 5 heteroatoms. The maximum absolute atomic E-state index is 5.93. The van der Waals surface area contributed by atoms with Gasteiger partial charge in [0, 0.05) is 6.92 Å². The highest BCUT2D eigenvalue weighted by Crippen LogP contribution is 2.38. The zero-order valence-corrected chi connectivity index (χ0v) is 10.00. The molecule has 0 radical (unpaired) electrons. The molecule has 2 rings (SSSR count). The summed E-state index contributed by atoms with van der Waals surface area (Å²) in [6.45, 7) is 10.2. The summed E-state index contributed by atoms with van der Waals surface area (Å²) in [6.07, 6.45) is 1.82. The summed E-state index contributed by atoms with van der Waals surface area (Å²) in [7, 11) is -0.280. The second-order valence-corrected chi connectivity index (χ2v) is 5.13. The summed E-state index contributed by atoms with van der Waals surface area (Å²) in [5.41, 5.74) is 3.44. The summed E-state index contributed by atoms with van der Waals surface area (Å²) < 4.78 is 11.9. The highest BCUT2D eigenvalue weighted by Gasteiger charge is 2.53. The lowest BCUT2D eigenvalue weighted by atomic mass is 9.78. The summed E-state index contributed by atoms with van der Waals surface area (Å²) in [4.78, 5) is 0. The zero-order valence-electron chi connectivity index (χ0n) is 10.00. The fraction of sp³-hybridized carbons (Fsp3) is 0.700. The molecule has 1 fully saturated rings. The average Bonchev–Trinajstić information content (AvgIpc) is 2.55. The Morgan fingerprint density at radius 3 is 2.13 bits per heavy atom. The molecule has 4 nitrogen and oxygen atoms in total. The van der Waals surface area contributed by atoms with E-state index in [-0.39, 0.29) is 18.3 Å². The van der Waals surface area contributed by atoms with Gasteiger partial charge in [-0.05, 0) is 27.7 Å². The number of rotatable bonds is 1. The van der Waals surface area contributed by atoms with Gasteiger partial charge in [0.2, 0.25) is 0 Å². The molecule has 0 bridgehead atoms. The summed E-state index contributed by atoms with van der Waals surface area (Å²) in [5.74, 6) is 0. The Balaban J connectivity index is 2.23. The van der Waals surface area contributed by atoms with Gasteiger partial charge >= 0.3 is 7.12 Å². The zero-order chi connectivity index (χ0) is 11.3. The lowest BCUT2D eigenvalue weighted by Gasteiger charge is -2.32. The highest BCUT2D eigenvalue weighted by atomic mass is 16.7. The van der Waals surface area contributed by atoms with Gasteiger partial charge in [-0.25, -0.2) is 0 Å². The van der Waals surface area contributed by atoms with E-state index in [2.05, 4.69) is 32.8 Å². The van der Waals surface area contributed by atoms with Crippen LogP contribution in [-0.4, -0.2) is 24.5 Å². The van der Waals surface area contributed by atoms with Gasteiger partial charge in [-0.2, -0.15) is 5.43 Å². The van der Waals surface area contributed by atoms with Crippen molar-refractivity contribution in [2.45, 2.75) is 45.8 Å². The van der Waals surface area contributed by atoms with Crippen molar-refractivity contribution in [1.82, 2.24) is 0 Å². The first-order valence-electron chi connectivity index (χ1n) is 5.26. The number of hydrogen-bond acceptors (Lipinski definition) is 3. The molecule has 0 aromatic rings. The van der Waals surface area contributed by atoms with Crippen LogP contribution in [0.5, 0.6) is 0 Å². The van der Waals surface area contributed by atoms with E-state index < -0.39 is 0 Å². The summed E-state index contributed by atoms with van der Waals surface area (Å²) in [6, 6.07) is 0. The standard InChI is InChI=1S/C10H17BN2O2/c1-7-8(6-12-13-7)11-14-9(2,3)10(4,5)15-11/h6H,1-5H3,(H,12,13)/p+1. The average molecular weight is 209 g/mol. The van der Waals surface area contributed by atoms with Crippen molar-refractivity contribution in [3.8, 4) is 0 Å². The molecule has 0 amide bonds. The van der Waals surface area contributed by atoms with Gasteiger partial charge in [0.05, 0.1) is 22.9 Å². The van der Waals surface area contributed by atoms with Crippen molar-refractivity contribution in [3.05, 3.63) is 11.2 Å². The number of nitrogens with zero attached hydrogens (tertiary/aromatic N) is 1. The van der Waals surface area contributed by atoms with Gasteiger partial charge in [0.15, 0.2) is 0 Å². The molecule has 0 aromatic carbocycles. The van der Waals surface area contributed by atoms with Crippen molar-refractivity contribution in [3.63, 3.8) is 0 Å². The fourth-order valence-corrected chi connectivity index (χ4v) is 1.62. The van der Waals surface area contributed by atoms with Crippen LogP contribution in [0.2, 0.25) is 0 Å². The minimum atomic E-state index is -0.280. The maximum atomic E-state index is 5.93. The molecule has 1 saturated heterocycles. The van der Waals surface area contributed by atoms with Gasteiger partial charge in [-0.15, -0.1) is 0 Å². The number of nitrogens with two attached hydrogens (primary N) is 1. The van der Waals surface area contributed by atoms with Crippen molar-refractivity contribution in [2.24, 2.45) is 5.10 Å². The van der Waals surface area contributed by atoms with Crippen LogP contribution in [-0.2, 0) is 9.31 Å². The van der Waals surface area contributed by atoms with Crippen LogP contribution in [0.3, 0.4) is 0 Å². The smallest absolute Gasteiger partial charge is 0.399 e. The van der Waals surface area contributed by atoms with E-state index in [0.717, 1.165) is 11.2 Å². The van der Waals surface area contributed by atoms with Crippen LogP contribution in [0.1, 0.15) is 34.6 Å². The third-order valence-corrected chi connectivity index (χ3v) is 3.44. The molecule has 2 aliphatic heterocycles. The normalized spacial score (nSPS) is 27.9. The Bertz CT molecular complexity index is 331. The molecule has 15 heavy (non-hydrogen) atoms. The van der Waals surface area contributed by atoms with Crippen molar-refractivity contribution in [2.75, 3.05) is 0 Å². The minimum Gasteiger partial charge on any atom is -0.399 e. The van der Waals surface area contributed by atoms with E-state index in [4.69, 9.17) is 9.31 Å². The van der Waals surface area contributed by atoms with Gasteiger partial charge in [-0.1, -0.05) is 5.10 Å². The van der Waals surface area contributed by atoms with Crippen molar-refractivity contribution in [1.29, 1.82) is 0 Å². The van der Waals surface area contributed by atoms with E-state index >= 15 is 0 Å². The first kappa shape index (κ1) is 10.9. The second-order valence-electron chi connectivity index (χ2n) is 5.13. The van der Waals surface area contributed by atoms with E-state index in [1.165, 1.54) is 0 Å². The first-order valence-corrected chi connectivity index (χ1v) is 5.26. The maximum Gasteiger partial charge on any atom is 0.502 e. The van der Waals surface area contributed by atoms with Crippen LogP contribution in [0.4, 0.5) is 0 Å². The lowest BCUT2D eigenvalue weighted by molar-refractivity contribution is -0.608. The molecule has 2 heterocycles. The predicted octanol–water partition coefficient (Wildman–Crippen LogP) is 0.455. The number of hydrogen-bond donors (Lipinski definition) is 1. The Kier molecular flexibility index (Phi) is 2.30. The van der Waals surface area contributed by atoms with Crippen LogP contribution in [0.25, 0.3) is 0 Å². The molecule has 82 valence electrons. The Morgan fingerprint density at radius 2 is 1.73 bits per heavy atom. The molecule has 0 aromatic heterocycles. The van der Waals surface area contributed by atoms with E-state index in [1.807, 2.05) is 18.6 Å². The Labute approximate surface area is 90.9 Å². The lowest BCUT2D eigenvalue weighted by Crippen LogP contribution is -2.73. The molecular weight excluding hydrogens is 191 g/mol. The van der Waals surface area contributed by atoms with E-state index in [0.29, 0.717) is 0 Å². The Morgan fingerprint density at radius 1 is 1.20 bits per heavy atom. The van der Waals surface area contributed by atoms with Crippen molar-refractivity contribution < 1.29 is 14.7 Å². The molecule has 0 aliphatic carbocycles. The van der Waals surface area contributed by atoms with Gasteiger partial charge in [0.1, 0.15) is 5.70 Å². The molecular formula is C10H18BN2O2+. The molecule has 2 aliphatic rings. The monoisotopic (exact) mass is 209 g/mol. The third kappa shape index (κ3) is 1.64. The molecule has 0 spiro atoms. The summed E-state index contributed by atoms with van der Waals surface area (Å²) >= 11 is 0. The molecule has 0 saturated carbocycles. The highest BCUT2D eigenvalue weighted by molar-refractivity contribution is 6.60. The molecule has 2 N–H and O–H groups in total. The third-order valence-electron chi connectivity index (χ3n) is 3.44. The fourth-order valence-electron chi connectivity index (χ4n) is 1.62. The predicted molar refractivity (Wildman–Crippen MR) is 59.2 cm³/mol. The van der Waals surface area contributed by atoms with Crippen LogP contribution >= 0.6 is 0 Å². The van der Waals surface area contributed by atoms with Crippen LogP contribution < -0.4 is 5.43 Å². The van der Waals surface area contributed by atoms with Crippen LogP contribution in [0, 0.1) is 0 Å².